The number of hydrogen-bond acceptors (Lipinski definition) is 3. The number of halogens is 6. The Bertz CT molecular complexity index is 676. The normalized spacial score (nSPS) is 12.1. The molecule has 0 atom stereocenters. The first-order chi connectivity index (χ1) is 10.5. The first kappa shape index (κ1) is 16.8. The smallest absolute Gasteiger partial charge is 0.504 e. The number of benzene rings is 2. The Labute approximate surface area is 125 Å². The first-order valence-corrected chi connectivity index (χ1v) is 5.98. The summed E-state index contributed by atoms with van der Waals surface area (Å²) in [6, 6.07) is 7.67. The van der Waals surface area contributed by atoms with Crippen molar-refractivity contribution in [3.63, 3.8) is 0 Å². The molecule has 2 aromatic rings. The van der Waals surface area contributed by atoms with E-state index < -0.39 is 30.0 Å². The highest BCUT2D eigenvalue weighted by molar-refractivity contribution is 5.67. The number of hydrogen-bond donors (Lipinski definition) is 1. The highest BCUT2D eigenvalue weighted by Crippen LogP contribution is 2.35. The molecule has 2 rings (SSSR count). The molecule has 1 N–H and O–H groups in total. The summed E-state index contributed by atoms with van der Waals surface area (Å²) in [7, 11) is 0. The van der Waals surface area contributed by atoms with E-state index in [1.54, 1.807) is 0 Å². The topological polar surface area (TPSA) is 38.7 Å². The Morgan fingerprint density at radius 2 is 1.22 bits per heavy atom. The molecule has 0 fully saturated rings. The maximum Gasteiger partial charge on any atom is 0.573 e. The van der Waals surface area contributed by atoms with Gasteiger partial charge in [-0.3, -0.25) is 0 Å². The summed E-state index contributed by atoms with van der Waals surface area (Å²) in [6.45, 7) is 0. The monoisotopic (exact) mass is 338 g/mol. The third-order valence-electron chi connectivity index (χ3n) is 2.61. The largest absolute Gasteiger partial charge is 0.573 e. The number of aromatic hydroxyl groups is 1. The average Bonchev–Trinajstić information content (AvgIpc) is 2.39. The van der Waals surface area contributed by atoms with Crippen LogP contribution in [0.1, 0.15) is 0 Å². The van der Waals surface area contributed by atoms with E-state index in [1.165, 1.54) is 18.2 Å². The first-order valence-electron chi connectivity index (χ1n) is 5.98. The van der Waals surface area contributed by atoms with E-state index in [2.05, 4.69) is 9.47 Å². The predicted octanol–water partition coefficient (Wildman–Crippen LogP) is 4.86. The van der Waals surface area contributed by atoms with Crippen molar-refractivity contribution in [2.24, 2.45) is 0 Å². The third kappa shape index (κ3) is 4.97. The van der Waals surface area contributed by atoms with Crippen molar-refractivity contribution in [3.05, 3.63) is 42.5 Å². The Hall–Kier alpha value is -2.58. The van der Waals surface area contributed by atoms with Gasteiger partial charge in [0.2, 0.25) is 0 Å². The minimum absolute atomic E-state index is 0.209. The van der Waals surface area contributed by atoms with Gasteiger partial charge in [0, 0.05) is 0 Å². The zero-order valence-electron chi connectivity index (χ0n) is 11.1. The number of alkyl halides is 6. The van der Waals surface area contributed by atoms with E-state index >= 15 is 0 Å². The van der Waals surface area contributed by atoms with Gasteiger partial charge in [0.25, 0.3) is 0 Å². The second kappa shape index (κ2) is 5.90. The second-order valence-electron chi connectivity index (χ2n) is 4.30. The van der Waals surface area contributed by atoms with Crippen LogP contribution in [-0.2, 0) is 0 Å². The van der Waals surface area contributed by atoms with Gasteiger partial charge in [-0.2, -0.15) is 0 Å². The molecule has 23 heavy (non-hydrogen) atoms. The van der Waals surface area contributed by atoms with Crippen LogP contribution >= 0.6 is 0 Å². The lowest BCUT2D eigenvalue weighted by Gasteiger charge is -2.12. The van der Waals surface area contributed by atoms with Crippen molar-refractivity contribution in [2.45, 2.75) is 12.7 Å². The molecule has 2 aromatic carbocycles. The molecule has 0 amide bonds. The summed E-state index contributed by atoms with van der Waals surface area (Å²) < 4.78 is 80.1. The Balaban J connectivity index is 2.26. The molecule has 0 bridgehead atoms. The molecule has 9 heteroatoms. The van der Waals surface area contributed by atoms with Crippen LogP contribution in [0.4, 0.5) is 26.3 Å². The fourth-order valence-corrected chi connectivity index (χ4v) is 1.75. The lowest BCUT2D eigenvalue weighted by molar-refractivity contribution is -0.275. The zero-order chi connectivity index (χ0) is 17.3. The van der Waals surface area contributed by atoms with Crippen LogP contribution in [0.5, 0.6) is 17.2 Å². The van der Waals surface area contributed by atoms with E-state index in [1.807, 2.05) is 0 Å². The maximum absolute atomic E-state index is 12.2. The molecular weight excluding hydrogens is 330 g/mol. The molecule has 0 radical (unpaired) electrons. The van der Waals surface area contributed by atoms with Crippen molar-refractivity contribution in [1.29, 1.82) is 0 Å². The molecule has 0 spiro atoms. The molecule has 0 saturated carbocycles. The quantitative estimate of drug-likeness (QED) is 0.813. The molecule has 0 heterocycles. The van der Waals surface area contributed by atoms with Crippen LogP contribution in [0.3, 0.4) is 0 Å². The third-order valence-corrected chi connectivity index (χ3v) is 2.61. The fraction of sp³-hybridized carbons (Fsp3) is 0.143. The molecule has 0 aliphatic heterocycles. The summed E-state index contributed by atoms with van der Waals surface area (Å²) in [4.78, 5) is 0. The molecule has 124 valence electrons. The van der Waals surface area contributed by atoms with E-state index in [-0.39, 0.29) is 5.56 Å². The van der Waals surface area contributed by atoms with E-state index in [4.69, 9.17) is 0 Å². The van der Waals surface area contributed by atoms with Gasteiger partial charge >= 0.3 is 12.7 Å². The van der Waals surface area contributed by atoms with Gasteiger partial charge in [-0.05, 0) is 35.4 Å². The summed E-state index contributed by atoms with van der Waals surface area (Å²) in [5, 5.41) is 9.35. The van der Waals surface area contributed by atoms with Crippen LogP contribution in [0.25, 0.3) is 11.1 Å². The Morgan fingerprint density at radius 1 is 0.696 bits per heavy atom. The van der Waals surface area contributed by atoms with E-state index in [0.29, 0.717) is 5.56 Å². The van der Waals surface area contributed by atoms with Gasteiger partial charge in [0.05, 0.1) is 0 Å². The van der Waals surface area contributed by atoms with Gasteiger partial charge in [-0.15, -0.1) is 26.3 Å². The van der Waals surface area contributed by atoms with Crippen molar-refractivity contribution in [3.8, 4) is 28.4 Å². The highest BCUT2D eigenvalue weighted by Gasteiger charge is 2.32. The summed E-state index contributed by atoms with van der Waals surface area (Å²) in [6.07, 6.45) is -9.83. The predicted molar refractivity (Wildman–Crippen MR) is 66.9 cm³/mol. The van der Waals surface area contributed by atoms with Crippen molar-refractivity contribution < 1.29 is 40.9 Å². The molecule has 0 aliphatic rings. The number of phenols is 1. The standard InChI is InChI=1S/C14H8F6O3/c15-13(16,17)22-10-4-1-8(2-5-10)9-3-6-11(21)12(7-9)23-14(18,19)20/h1-7,21H. The van der Waals surface area contributed by atoms with E-state index in [0.717, 1.165) is 24.3 Å². The van der Waals surface area contributed by atoms with Gasteiger partial charge in [0.1, 0.15) is 5.75 Å². The molecule has 0 unspecified atom stereocenters. The molecule has 0 aliphatic carbocycles. The van der Waals surface area contributed by atoms with Crippen LogP contribution in [0.15, 0.2) is 42.5 Å². The van der Waals surface area contributed by atoms with Gasteiger partial charge in [0.15, 0.2) is 11.5 Å². The van der Waals surface area contributed by atoms with Crippen LogP contribution < -0.4 is 9.47 Å². The minimum Gasteiger partial charge on any atom is -0.504 e. The Kier molecular flexibility index (Phi) is 4.31. The zero-order valence-corrected chi connectivity index (χ0v) is 11.1. The maximum atomic E-state index is 12.2. The van der Waals surface area contributed by atoms with Crippen LogP contribution in [0, 0.1) is 0 Å². The SMILES string of the molecule is Oc1ccc(-c2ccc(OC(F)(F)F)cc2)cc1OC(F)(F)F. The van der Waals surface area contributed by atoms with Crippen LogP contribution in [-0.4, -0.2) is 17.8 Å². The number of ether oxygens (including phenoxy) is 2. The molecular formula is C14H8F6O3. The van der Waals surface area contributed by atoms with E-state index in [9.17, 15) is 31.4 Å². The lowest BCUT2D eigenvalue weighted by atomic mass is 10.1. The minimum atomic E-state index is -4.99. The average molecular weight is 338 g/mol. The van der Waals surface area contributed by atoms with Gasteiger partial charge < -0.3 is 14.6 Å². The van der Waals surface area contributed by atoms with Gasteiger partial charge in [-0.25, -0.2) is 0 Å². The second-order valence-corrected chi connectivity index (χ2v) is 4.30. The highest BCUT2D eigenvalue weighted by atomic mass is 19.4. The number of phenolic OH excluding ortho intramolecular Hbond substituents is 1. The van der Waals surface area contributed by atoms with Crippen molar-refractivity contribution >= 4 is 0 Å². The summed E-state index contributed by atoms with van der Waals surface area (Å²) in [5.74, 6) is -2.00. The summed E-state index contributed by atoms with van der Waals surface area (Å²) >= 11 is 0. The lowest BCUT2D eigenvalue weighted by Crippen LogP contribution is -2.17. The Morgan fingerprint density at radius 3 is 1.74 bits per heavy atom. The van der Waals surface area contributed by atoms with Crippen molar-refractivity contribution in [2.75, 3.05) is 0 Å². The molecule has 3 nitrogen and oxygen atoms in total. The van der Waals surface area contributed by atoms with Crippen molar-refractivity contribution in [1.82, 2.24) is 0 Å². The fourth-order valence-electron chi connectivity index (χ4n) is 1.75. The van der Waals surface area contributed by atoms with Crippen LogP contribution in [0.2, 0.25) is 0 Å². The summed E-state index contributed by atoms with van der Waals surface area (Å²) in [5.41, 5.74) is 0.521. The molecule has 0 saturated heterocycles. The number of rotatable bonds is 3. The van der Waals surface area contributed by atoms with Gasteiger partial charge in [-0.1, -0.05) is 18.2 Å². The molecule has 0 aromatic heterocycles.